The summed E-state index contributed by atoms with van der Waals surface area (Å²) in [5, 5.41) is 12.4. The highest BCUT2D eigenvalue weighted by Crippen LogP contribution is 2.60. The third kappa shape index (κ3) is 5.20. The highest BCUT2D eigenvalue weighted by atomic mass is 16.5. The quantitative estimate of drug-likeness (QED) is 0.236. The molecular weight excluding hydrogens is 526 g/mol. The Kier molecular flexibility index (Phi) is 7.23. The van der Waals surface area contributed by atoms with Gasteiger partial charge in [0.05, 0.1) is 23.5 Å². The Morgan fingerprint density at radius 1 is 1.00 bits per heavy atom. The fraction of sp³-hybridized carbons (Fsp3) is 0.686. The van der Waals surface area contributed by atoms with Crippen molar-refractivity contribution in [2.45, 2.75) is 127 Å². The van der Waals surface area contributed by atoms with Crippen LogP contribution in [0.25, 0.3) is 0 Å². The first-order chi connectivity index (χ1) is 20.3. The predicted molar refractivity (Wildman–Crippen MR) is 162 cm³/mol. The summed E-state index contributed by atoms with van der Waals surface area (Å²) < 4.78 is 6.84. The van der Waals surface area contributed by atoms with Crippen molar-refractivity contribution in [3.8, 4) is 0 Å². The van der Waals surface area contributed by atoms with Crippen LogP contribution in [0.15, 0.2) is 24.3 Å². The standard InChI is InChI=1S/C35H47N3O4/c1-2-3-4-8-33-9-12-34(13-10-33,14-11-33)32-37-28(22-42-35-19-23-15-24(20-35)17-25(16-23)21-35)29(38-32)30(39)36-27-7-5-6-26(18-27)31(40)41/h5-7,18,23-25H,2-4,8-17,19-22H2,1H3,(H,36,39)(H,37,38)(H,40,41). The van der Waals surface area contributed by atoms with Crippen LogP contribution >= 0.6 is 0 Å². The third-order valence-corrected chi connectivity index (χ3v) is 12.1. The lowest BCUT2D eigenvalue weighted by molar-refractivity contribution is -0.169. The number of unbranched alkanes of at least 4 members (excludes halogenated alkanes) is 2. The van der Waals surface area contributed by atoms with Gasteiger partial charge in [-0.1, -0.05) is 32.3 Å². The molecule has 3 N–H and O–H groups in total. The van der Waals surface area contributed by atoms with E-state index < -0.39 is 5.97 Å². The smallest absolute Gasteiger partial charge is 0.335 e. The van der Waals surface area contributed by atoms with Crippen LogP contribution in [-0.2, 0) is 16.8 Å². The number of amides is 1. The number of benzene rings is 1. The number of hydrogen-bond donors (Lipinski definition) is 3. The molecule has 7 aliphatic rings. The lowest BCUT2D eigenvalue weighted by Gasteiger charge is -2.56. The summed E-state index contributed by atoms with van der Waals surface area (Å²) in [5.74, 6) is 2.01. The Morgan fingerprint density at radius 3 is 2.29 bits per heavy atom. The van der Waals surface area contributed by atoms with E-state index in [-0.39, 0.29) is 22.5 Å². The number of H-pyrrole nitrogens is 1. The maximum atomic E-state index is 13.7. The number of aromatic nitrogens is 2. The van der Waals surface area contributed by atoms with E-state index in [1.165, 1.54) is 76.3 Å². The molecule has 226 valence electrons. The molecule has 1 heterocycles. The summed E-state index contributed by atoms with van der Waals surface area (Å²) >= 11 is 0. The van der Waals surface area contributed by atoms with Crippen molar-refractivity contribution in [3.05, 3.63) is 47.0 Å². The summed E-state index contributed by atoms with van der Waals surface area (Å²) in [6.45, 7) is 2.65. The number of hydrogen-bond acceptors (Lipinski definition) is 4. The van der Waals surface area contributed by atoms with Crippen molar-refractivity contribution in [2.24, 2.45) is 23.2 Å². The lowest BCUT2D eigenvalue weighted by atomic mass is 9.52. The summed E-state index contributed by atoms with van der Waals surface area (Å²) in [4.78, 5) is 34.0. The maximum absolute atomic E-state index is 13.7. The average Bonchev–Trinajstić information content (AvgIpc) is 3.42. The van der Waals surface area contributed by atoms with Crippen LogP contribution in [0.4, 0.5) is 5.69 Å². The number of aromatic carboxylic acids is 1. The molecule has 7 aliphatic carbocycles. The van der Waals surface area contributed by atoms with Crippen molar-refractivity contribution in [3.63, 3.8) is 0 Å². The van der Waals surface area contributed by atoms with E-state index in [1.54, 1.807) is 12.1 Å². The summed E-state index contributed by atoms with van der Waals surface area (Å²) in [7, 11) is 0. The molecule has 42 heavy (non-hydrogen) atoms. The van der Waals surface area contributed by atoms with Gasteiger partial charge in [-0.25, -0.2) is 9.78 Å². The summed E-state index contributed by atoms with van der Waals surface area (Å²) in [6.07, 6.45) is 19.9. The van der Waals surface area contributed by atoms with Crippen molar-refractivity contribution in [1.29, 1.82) is 0 Å². The Bertz CT molecular complexity index is 1290. The first-order valence-electron chi connectivity index (χ1n) is 16.7. The minimum Gasteiger partial charge on any atom is -0.478 e. The summed E-state index contributed by atoms with van der Waals surface area (Å²) in [6, 6.07) is 6.41. The Hall–Kier alpha value is -2.67. The molecule has 9 rings (SSSR count). The van der Waals surface area contributed by atoms with Gasteiger partial charge in [0.1, 0.15) is 5.82 Å². The number of nitrogens with zero attached hydrogens (tertiary/aromatic N) is 1. The number of fused-ring (bicyclic) bond motifs is 3. The number of rotatable bonds is 11. The molecule has 0 unspecified atom stereocenters. The molecule has 0 radical (unpaired) electrons. The Morgan fingerprint density at radius 2 is 1.67 bits per heavy atom. The zero-order chi connectivity index (χ0) is 29.0. The highest BCUT2D eigenvalue weighted by Gasteiger charge is 2.53. The third-order valence-electron chi connectivity index (χ3n) is 12.1. The van der Waals surface area contributed by atoms with E-state index in [9.17, 15) is 14.7 Å². The van der Waals surface area contributed by atoms with Gasteiger partial charge in [-0.15, -0.1) is 0 Å². The first-order valence-corrected chi connectivity index (χ1v) is 16.7. The molecule has 1 aromatic heterocycles. The number of imidazole rings is 1. The van der Waals surface area contributed by atoms with Gasteiger partial charge in [-0.3, -0.25) is 4.79 Å². The number of ether oxygens (including phenoxy) is 1. The van der Waals surface area contributed by atoms with Crippen molar-refractivity contribution >= 4 is 17.6 Å². The van der Waals surface area contributed by atoms with Gasteiger partial charge in [0.15, 0.2) is 5.69 Å². The normalized spacial score (nSPS) is 34.5. The molecule has 0 spiro atoms. The van der Waals surface area contributed by atoms with Gasteiger partial charge in [-0.2, -0.15) is 0 Å². The zero-order valence-corrected chi connectivity index (χ0v) is 25.2. The van der Waals surface area contributed by atoms with Crippen LogP contribution in [0.1, 0.15) is 142 Å². The molecule has 0 aliphatic heterocycles. The molecule has 6 bridgehead atoms. The van der Waals surface area contributed by atoms with Gasteiger partial charge in [0, 0.05) is 11.1 Å². The average molecular weight is 574 g/mol. The molecule has 7 saturated carbocycles. The number of carboxylic acids is 1. The number of carbonyl (C=O) groups excluding carboxylic acids is 1. The number of nitrogens with one attached hydrogen (secondary N) is 2. The molecule has 7 nitrogen and oxygen atoms in total. The van der Waals surface area contributed by atoms with Crippen LogP contribution in [0.3, 0.4) is 0 Å². The molecular formula is C35H47N3O4. The first kappa shape index (κ1) is 28.1. The fourth-order valence-electron chi connectivity index (χ4n) is 10.0. The molecule has 0 atom stereocenters. The van der Waals surface area contributed by atoms with E-state index in [4.69, 9.17) is 9.72 Å². The predicted octanol–water partition coefficient (Wildman–Crippen LogP) is 8.02. The molecule has 0 saturated heterocycles. The topological polar surface area (TPSA) is 104 Å². The minimum absolute atomic E-state index is 0.00367. The zero-order valence-electron chi connectivity index (χ0n) is 25.2. The second-order valence-electron chi connectivity index (χ2n) is 14.9. The second-order valence-corrected chi connectivity index (χ2v) is 14.9. The van der Waals surface area contributed by atoms with Crippen molar-refractivity contribution < 1.29 is 19.4 Å². The van der Waals surface area contributed by atoms with E-state index in [0.29, 0.717) is 23.4 Å². The Labute approximate surface area is 249 Å². The maximum Gasteiger partial charge on any atom is 0.335 e. The highest BCUT2D eigenvalue weighted by molar-refractivity contribution is 6.04. The van der Waals surface area contributed by atoms with Gasteiger partial charge < -0.3 is 20.1 Å². The number of carboxylic acid groups (broad SMARTS) is 1. The molecule has 1 aromatic carbocycles. The number of aromatic amines is 1. The van der Waals surface area contributed by atoms with E-state index >= 15 is 0 Å². The molecule has 7 heteroatoms. The van der Waals surface area contributed by atoms with Gasteiger partial charge >= 0.3 is 5.97 Å². The number of carbonyl (C=O) groups is 2. The number of anilines is 1. The molecule has 2 aromatic rings. The van der Waals surface area contributed by atoms with Gasteiger partial charge in [-0.05, 0) is 125 Å². The molecule has 1 amide bonds. The van der Waals surface area contributed by atoms with Crippen molar-refractivity contribution in [1.82, 2.24) is 9.97 Å². The van der Waals surface area contributed by atoms with Gasteiger partial charge in [0.2, 0.25) is 0 Å². The lowest BCUT2D eigenvalue weighted by Crippen LogP contribution is -2.51. The van der Waals surface area contributed by atoms with Crippen LogP contribution < -0.4 is 5.32 Å². The van der Waals surface area contributed by atoms with Crippen LogP contribution in [0, 0.1) is 23.2 Å². The Balaban J connectivity index is 1.13. The van der Waals surface area contributed by atoms with Gasteiger partial charge in [0.25, 0.3) is 5.91 Å². The minimum atomic E-state index is -1.02. The molecule has 7 fully saturated rings. The van der Waals surface area contributed by atoms with Crippen LogP contribution in [0.5, 0.6) is 0 Å². The van der Waals surface area contributed by atoms with E-state index in [2.05, 4.69) is 17.2 Å². The second kappa shape index (κ2) is 10.8. The fourth-order valence-corrected chi connectivity index (χ4v) is 10.0. The SMILES string of the molecule is CCCCCC12CCC(c3nc(C(=O)Nc4cccc(C(=O)O)c4)c(COC45CC6CC(CC(C6)C4)C5)[nH]3)(CC1)CC2. The van der Waals surface area contributed by atoms with E-state index in [0.717, 1.165) is 67.8 Å². The van der Waals surface area contributed by atoms with Crippen molar-refractivity contribution in [2.75, 3.05) is 5.32 Å². The van der Waals surface area contributed by atoms with Crippen LogP contribution in [-0.4, -0.2) is 32.6 Å². The monoisotopic (exact) mass is 573 g/mol. The largest absolute Gasteiger partial charge is 0.478 e. The van der Waals surface area contributed by atoms with E-state index in [1.807, 2.05) is 0 Å². The van der Waals surface area contributed by atoms with Crippen LogP contribution in [0.2, 0.25) is 0 Å². The summed E-state index contributed by atoms with van der Waals surface area (Å²) in [5.41, 5.74) is 2.22.